The summed E-state index contributed by atoms with van der Waals surface area (Å²) in [6, 6.07) is 0. The number of allylic oxidation sites excluding steroid dienone is 1. The van der Waals surface area contributed by atoms with E-state index in [9.17, 15) is 5.11 Å². The van der Waals surface area contributed by atoms with Crippen molar-refractivity contribution >= 4 is 0 Å². The molecule has 0 aromatic carbocycles. The minimum absolute atomic E-state index is 0.0766. The molecule has 8 atom stereocenters. The molecule has 1 N–H and O–H groups in total. The Hall–Kier alpha value is -0.300. The molecule has 160 valence electrons. The molecule has 0 spiro atoms. The van der Waals surface area contributed by atoms with Crippen LogP contribution in [0.4, 0.5) is 0 Å². The first-order chi connectivity index (χ1) is 13.3. The zero-order valence-corrected chi connectivity index (χ0v) is 19.3. The van der Waals surface area contributed by atoms with Crippen LogP contribution in [0.25, 0.3) is 0 Å². The van der Waals surface area contributed by atoms with Gasteiger partial charge in [-0.2, -0.15) is 0 Å². The highest BCUT2D eigenvalue weighted by molar-refractivity contribution is 5.25. The molecular formula is C27H46O. The number of hydrogen-bond acceptors (Lipinski definition) is 1. The molecule has 0 heterocycles. The van der Waals surface area contributed by atoms with Crippen molar-refractivity contribution in [3.05, 3.63) is 11.6 Å². The molecule has 0 saturated heterocycles. The molecule has 0 bridgehead atoms. The highest BCUT2D eigenvalue weighted by atomic mass is 16.3. The van der Waals surface area contributed by atoms with Crippen molar-refractivity contribution in [1.82, 2.24) is 0 Å². The summed E-state index contributed by atoms with van der Waals surface area (Å²) < 4.78 is 0. The molecule has 0 radical (unpaired) electrons. The van der Waals surface area contributed by atoms with Crippen LogP contribution in [0.15, 0.2) is 11.6 Å². The lowest BCUT2D eigenvalue weighted by Gasteiger charge is -2.58. The maximum absolute atomic E-state index is 10.2. The van der Waals surface area contributed by atoms with Gasteiger partial charge in [-0.1, -0.05) is 65.5 Å². The molecule has 0 amide bonds. The summed E-state index contributed by atoms with van der Waals surface area (Å²) in [5.41, 5.74) is 2.60. The molecule has 1 nitrogen and oxygen atoms in total. The van der Waals surface area contributed by atoms with Gasteiger partial charge in [0.25, 0.3) is 0 Å². The highest BCUT2D eigenvalue weighted by Crippen LogP contribution is 2.67. The molecule has 3 fully saturated rings. The van der Waals surface area contributed by atoms with Gasteiger partial charge in [-0.3, -0.25) is 0 Å². The summed E-state index contributed by atoms with van der Waals surface area (Å²) in [7, 11) is 0. The van der Waals surface area contributed by atoms with Crippen molar-refractivity contribution in [3.63, 3.8) is 0 Å². The van der Waals surface area contributed by atoms with Crippen LogP contribution in [0.3, 0.4) is 0 Å². The van der Waals surface area contributed by atoms with E-state index in [0.717, 1.165) is 48.3 Å². The monoisotopic (exact) mass is 386 g/mol. The van der Waals surface area contributed by atoms with E-state index in [2.05, 4.69) is 40.7 Å². The predicted molar refractivity (Wildman–Crippen MR) is 119 cm³/mol. The normalized spacial score (nSPS) is 46.5. The summed E-state index contributed by atoms with van der Waals surface area (Å²) in [5, 5.41) is 10.2. The molecule has 1 heteroatoms. The van der Waals surface area contributed by atoms with Crippen LogP contribution in [-0.4, -0.2) is 11.2 Å². The Morgan fingerprint density at radius 3 is 2.54 bits per heavy atom. The third kappa shape index (κ3) is 3.42. The Kier molecular flexibility index (Phi) is 5.80. The minimum Gasteiger partial charge on any atom is -0.393 e. The highest BCUT2D eigenvalue weighted by Gasteiger charge is 2.59. The molecule has 3 saturated carbocycles. The van der Waals surface area contributed by atoms with Crippen molar-refractivity contribution < 1.29 is 5.11 Å². The van der Waals surface area contributed by atoms with E-state index < -0.39 is 0 Å². The van der Waals surface area contributed by atoms with E-state index >= 15 is 0 Å². The van der Waals surface area contributed by atoms with Gasteiger partial charge in [-0.05, 0) is 97.7 Å². The topological polar surface area (TPSA) is 20.2 Å². The first-order valence-corrected chi connectivity index (χ1v) is 12.6. The van der Waals surface area contributed by atoms with Crippen molar-refractivity contribution in [3.8, 4) is 0 Å². The SMILES string of the molecule is CC(C)CCC[C@H](C)[C@@H]1CC[C@@H]2[C@H]3CC=C4C[C@@H](O)CC[C@]4(C)[C@@H]3CC[C@]21C. The van der Waals surface area contributed by atoms with Gasteiger partial charge in [-0.25, -0.2) is 0 Å². The van der Waals surface area contributed by atoms with E-state index in [1.165, 1.54) is 57.8 Å². The van der Waals surface area contributed by atoms with Gasteiger partial charge in [-0.15, -0.1) is 0 Å². The fourth-order valence-corrected chi connectivity index (χ4v) is 8.67. The van der Waals surface area contributed by atoms with Crippen molar-refractivity contribution in [2.75, 3.05) is 0 Å². The van der Waals surface area contributed by atoms with Crippen molar-refractivity contribution in [2.45, 2.75) is 111 Å². The zero-order valence-electron chi connectivity index (χ0n) is 19.3. The third-order valence-corrected chi connectivity index (χ3v) is 10.3. The molecule has 4 aliphatic carbocycles. The Morgan fingerprint density at radius 1 is 1.00 bits per heavy atom. The van der Waals surface area contributed by atoms with E-state index in [0.29, 0.717) is 10.8 Å². The lowest BCUT2D eigenvalue weighted by Crippen LogP contribution is -2.50. The first-order valence-electron chi connectivity index (χ1n) is 12.6. The summed E-state index contributed by atoms with van der Waals surface area (Å²) in [6.45, 7) is 12.6. The first kappa shape index (κ1) is 21.0. The van der Waals surface area contributed by atoms with Gasteiger partial charge in [0.05, 0.1) is 6.10 Å². The Labute approximate surface area is 174 Å². The fraction of sp³-hybridized carbons (Fsp3) is 0.926. The fourth-order valence-electron chi connectivity index (χ4n) is 8.67. The maximum Gasteiger partial charge on any atom is 0.0577 e. The minimum atomic E-state index is -0.0766. The molecule has 28 heavy (non-hydrogen) atoms. The van der Waals surface area contributed by atoms with Crippen LogP contribution < -0.4 is 0 Å². The molecular weight excluding hydrogens is 340 g/mol. The summed E-state index contributed by atoms with van der Waals surface area (Å²) in [6.07, 6.45) is 17.2. The molecule has 0 unspecified atom stereocenters. The van der Waals surface area contributed by atoms with E-state index in [-0.39, 0.29) is 6.10 Å². The Bertz CT molecular complexity index is 591. The van der Waals surface area contributed by atoms with Crippen molar-refractivity contribution in [1.29, 1.82) is 0 Å². The van der Waals surface area contributed by atoms with Crippen LogP contribution in [0.1, 0.15) is 105 Å². The Morgan fingerprint density at radius 2 is 1.79 bits per heavy atom. The molecule has 0 aliphatic heterocycles. The van der Waals surface area contributed by atoms with Crippen LogP contribution in [-0.2, 0) is 0 Å². The van der Waals surface area contributed by atoms with Crippen LogP contribution in [0, 0.1) is 46.3 Å². The number of aliphatic hydroxyl groups excluding tert-OH is 1. The second-order valence-corrected chi connectivity index (χ2v) is 12.2. The molecule has 4 rings (SSSR count). The van der Waals surface area contributed by atoms with Crippen LogP contribution >= 0.6 is 0 Å². The largest absolute Gasteiger partial charge is 0.393 e. The number of aliphatic hydroxyl groups is 1. The molecule has 4 aliphatic rings. The standard InChI is InChI=1S/C27H46O/c1-18(2)7-6-8-19(3)23-11-12-24-22-10-9-20-17-21(28)13-15-26(20,4)25(22)14-16-27(23,24)5/h9,18-19,21-25,28H,6-8,10-17H2,1-5H3/t19-,21-,22+,23-,24+,25+,26-,27-/m0/s1. The van der Waals surface area contributed by atoms with Gasteiger partial charge in [0.15, 0.2) is 0 Å². The van der Waals surface area contributed by atoms with E-state index in [1.54, 1.807) is 5.57 Å². The lowest BCUT2D eigenvalue weighted by molar-refractivity contribution is -0.0573. The van der Waals surface area contributed by atoms with Crippen molar-refractivity contribution in [2.24, 2.45) is 46.3 Å². The average molecular weight is 387 g/mol. The van der Waals surface area contributed by atoms with Gasteiger partial charge in [0, 0.05) is 0 Å². The van der Waals surface area contributed by atoms with Gasteiger partial charge < -0.3 is 5.11 Å². The van der Waals surface area contributed by atoms with Crippen LogP contribution in [0.5, 0.6) is 0 Å². The van der Waals surface area contributed by atoms with Gasteiger partial charge in [0.2, 0.25) is 0 Å². The number of hydrogen-bond donors (Lipinski definition) is 1. The second-order valence-electron chi connectivity index (χ2n) is 12.2. The van der Waals surface area contributed by atoms with E-state index in [4.69, 9.17) is 0 Å². The van der Waals surface area contributed by atoms with E-state index in [1.807, 2.05) is 0 Å². The quantitative estimate of drug-likeness (QED) is 0.488. The second kappa shape index (κ2) is 7.75. The number of fused-ring (bicyclic) bond motifs is 5. The molecule has 0 aromatic heterocycles. The summed E-state index contributed by atoms with van der Waals surface area (Å²) in [5.74, 6) is 5.46. The average Bonchev–Trinajstić information content (AvgIpc) is 2.99. The summed E-state index contributed by atoms with van der Waals surface area (Å²) >= 11 is 0. The summed E-state index contributed by atoms with van der Waals surface area (Å²) in [4.78, 5) is 0. The van der Waals surface area contributed by atoms with Gasteiger partial charge >= 0.3 is 0 Å². The predicted octanol–water partition coefficient (Wildman–Crippen LogP) is 7.39. The maximum atomic E-state index is 10.2. The van der Waals surface area contributed by atoms with Crippen LogP contribution in [0.2, 0.25) is 0 Å². The third-order valence-electron chi connectivity index (χ3n) is 10.3. The Balaban J connectivity index is 1.49. The van der Waals surface area contributed by atoms with Gasteiger partial charge in [0.1, 0.15) is 0 Å². The lowest BCUT2D eigenvalue weighted by atomic mass is 9.47. The molecule has 0 aromatic rings. The zero-order chi connectivity index (χ0) is 20.1. The number of rotatable bonds is 5. The smallest absolute Gasteiger partial charge is 0.0577 e.